The number of rotatable bonds is 0. The summed E-state index contributed by atoms with van der Waals surface area (Å²) in [5, 5.41) is 45.1. The van der Waals surface area contributed by atoms with Crippen LogP contribution in [0.4, 0.5) is 0 Å². The molecule has 4 nitrogen and oxygen atoms in total. The number of hydrogen-bond donors (Lipinski definition) is 0. The summed E-state index contributed by atoms with van der Waals surface area (Å²) in [5.74, 6) is 0. The second kappa shape index (κ2) is 12.0. The average Bonchev–Trinajstić information content (AvgIpc) is 3.63. The Morgan fingerprint density at radius 2 is 0.618 bits per heavy atom. The van der Waals surface area contributed by atoms with Crippen molar-refractivity contribution in [2.24, 2.45) is 0 Å². The zero-order valence-electron chi connectivity index (χ0n) is 18.2. The van der Waals surface area contributed by atoms with Crippen LogP contribution < -0.4 is 20.4 Å². The van der Waals surface area contributed by atoms with Crippen LogP contribution in [0.25, 0.3) is 0 Å². The van der Waals surface area contributed by atoms with Gasteiger partial charge in [0.25, 0.3) is 0 Å². The van der Waals surface area contributed by atoms with E-state index in [-0.39, 0.29) is 108 Å². The summed E-state index contributed by atoms with van der Waals surface area (Å²) in [6.45, 7) is 0. The van der Waals surface area contributed by atoms with Crippen molar-refractivity contribution >= 4 is 134 Å². The summed E-state index contributed by atoms with van der Waals surface area (Å²) in [6, 6.07) is 0. The van der Waals surface area contributed by atoms with Crippen LogP contribution in [0.5, 0.6) is 0 Å². The van der Waals surface area contributed by atoms with Crippen LogP contribution in [0.15, 0.2) is 97.2 Å². The minimum Gasteiger partial charge on any atom is -0.837 e. The van der Waals surface area contributed by atoms with Crippen molar-refractivity contribution < 1.29 is 20.4 Å². The van der Waals surface area contributed by atoms with Gasteiger partial charge in [-0.3, -0.25) is 0 Å². The van der Waals surface area contributed by atoms with Gasteiger partial charge in [0.2, 0.25) is 0 Å². The number of allylic oxidation sites excluding steroid dienone is 8. The molecule has 4 aliphatic heterocycles. The summed E-state index contributed by atoms with van der Waals surface area (Å²) in [7, 11) is 0. The van der Waals surface area contributed by atoms with Crippen molar-refractivity contribution in [3.05, 3.63) is 97.2 Å². The Balaban J connectivity index is 0.000000125. The third-order valence-corrected chi connectivity index (χ3v) is 10.6. The first-order valence-electron chi connectivity index (χ1n) is 10.2. The van der Waals surface area contributed by atoms with E-state index in [0.717, 1.165) is 0 Å². The first kappa shape index (κ1) is 30.5. The quantitative estimate of drug-likeness (QED) is 0.269. The van der Waals surface area contributed by atoms with Gasteiger partial charge in [-0.15, -0.1) is 0 Å². The van der Waals surface area contributed by atoms with Crippen molar-refractivity contribution in [1.29, 1.82) is 0 Å². The molecule has 0 saturated carbocycles. The van der Waals surface area contributed by atoms with Gasteiger partial charge in [0, 0.05) is 21.0 Å². The number of thioether (sulfide) groups is 4. The standard InChI is InChI=1S/4C6H5OS.Ba.Ca/c4*7-6-4-2-1-3-5(6)8-6;;/h4*1-5H;;/q4*-1;2*+2. The van der Waals surface area contributed by atoms with E-state index in [4.69, 9.17) is 0 Å². The van der Waals surface area contributed by atoms with E-state index in [1.54, 1.807) is 24.3 Å². The molecule has 10 heteroatoms. The van der Waals surface area contributed by atoms with E-state index in [0.29, 0.717) is 0 Å². The molecule has 8 unspecified atom stereocenters. The van der Waals surface area contributed by atoms with E-state index < -0.39 is 19.7 Å². The molecule has 4 aliphatic carbocycles. The molecule has 8 rings (SSSR count). The van der Waals surface area contributed by atoms with E-state index in [2.05, 4.69) is 0 Å². The van der Waals surface area contributed by atoms with Gasteiger partial charge in [-0.25, -0.2) is 0 Å². The molecule has 8 atom stereocenters. The fraction of sp³-hybridized carbons (Fsp3) is 0.333. The summed E-state index contributed by atoms with van der Waals surface area (Å²) in [4.78, 5) is -3.02. The Morgan fingerprint density at radius 1 is 0.412 bits per heavy atom. The molecular formula is C24H20BaCaO4S4. The van der Waals surface area contributed by atoms with Crippen LogP contribution in [0.1, 0.15) is 0 Å². The van der Waals surface area contributed by atoms with Crippen molar-refractivity contribution in [3.8, 4) is 0 Å². The van der Waals surface area contributed by atoms with Gasteiger partial charge in [-0.1, -0.05) is 97.2 Å². The molecule has 168 valence electrons. The first-order valence-corrected chi connectivity index (χ1v) is 13.7. The zero-order valence-corrected chi connectivity index (χ0v) is 28.1. The minimum absolute atomic E-state index is 0. The molecule has 0 N–H and O–H groups in total. The Bertz CT molecular complexity index is 866. The van der Waals surface area contributed by atoms with Crippen LogP contribution in [-0.2, 0) is 0 Å². The fourth-order valence-electron chi connectivity index (χ4n) is 3.31. The smallest absolute Gasteiger partial charge is 0.837 e. The molecule has 8 aliphatic rings. The molecule has 34 heavy (non-hydrogen) atoms. The predicted octanol–water partition coefficient (Wildman–Crippen LogP) is 0.376. The first-order chi connectivity index (χ1) is 15.2. The second-order valence-corrected chi connectivity index (χ2v) is 13.5. The van der Waals surface area contributed by atoms with Crippen molar-refractivity contribution in [2.75, 3.05) is 0 Å². The SMILES string of the molecule is [Ba+2].[Ca+2].[O-]C12C=CC=CC1S2.[O-]C12C=CC=CC1S2.[O-]C12C=CC=CC1S2.[O-]C12C=CC=CC1S2. The topological polar surface area (TPSA) is 92.2 Å². The normalized spacial score (nSPS) is 46.0. The third-order valence-electron chi connectivity index (χ3n) is 5.50. The Hall–Kier alpha value is 1.99. The summed E-state index contributed by atoms with van der Waals surface area (Å²) < 4.78 is 0. The van der Waals surface area contributed by atoms with Gasteiger partial charge < -0.3 is 20.4 Å². The Kier molecular flexibility index (Phi) is 10.8. The van der Waals surface area contributed by atoms with Crippen molar-refractivity contribution in [3.63, 3.8) is 0 Å². The Labute approximate surface area is 287 Å². The van der Waals surface area contributed by atoms with E-state index in [9.17, 15) is 20.4 Å². The minimum atomic E-state index is -0.755. The van der Waals surface area contributed by atoms with Crippen LogP contribution in [0.2, 0.25) is 0 Å². The van der Waals surface area contributed by atoms with Crippen LogP contribution in [0, 0.1) is 0 Å². The van der Waals surface area contributed by atoms with Crippen molar-refractivity contribution in [1.82, 2.24) is 0 Å². The van der Waals surface area contributed by atoms with Crippen LogP contribution >= 0.6 is 47.0 Å². The van der Waals surface area contributed by atoms with Gasteiger partial charge >= 0.3 is 86.6 Å². The molecule has 0 bridgehead atoms. The Morgan fingerprint density at radius 3 is 0.735 bits per heavy atom. The average molecular weight is 678 g/mol. The molecule has 0 aromatic carbocycles. The summed E-state index contributed by atoms with van der Waals surface area (Å²) in [5.41, 5.74) is 0. The maximum atomic E-state index is 11.0. The maximum Gasteiger partial charge on any atom is 2.00 e. The molecule has 0 aromatic heterocycles. The van der Waals surface area contributed by atoms with E-state index in [1.807, 2.05) is 72.9 Å². The van der Waals surface area contributed by atoms with Gasteiger partial charge in [0.05, 0.1) is 0 Å². The van der Waals surface area contributed by atoms with E-state index in [1.165, 1.54) is 47.0 Å². The molecule has 0 spiro atoms. The van der Waals surface area contributed by atoms with Crippen LogP contribution in [0.3, 0.4) is 0 Å². The molecule has 4 saturated heterocycles. The summed E-state index contributed by atoms with van der Waals surface area (Å²) in [6.07, 6.45) is 29.7. The predicted molar refractivity (Wildman–Crippen MR) is 141 cm³/mol. The largest absolute Gasteiger partial charge is 2.00 e. The molecular weight excluding hydrogens is 658 g/mol. The summed E-state index contributed by atoms with van der Waals surface area (Å²) >= 11 is 5.89. The monoisotopic (exact) mass is 678 g/mol. The number of hydrogen-bond acceptors (Lipinski definition) is 8. The maximum absolute atomic E-state index is 11.0. The fourth-order valence-corrected chi connectivity index (χ4v) is 6.56. The van der Waals surface area contributed by atoms with Gasteiger partial charge in [0.15, 0.2) is 0 Å². The third kappa shape index (κ3) is 7.55. The van der Waals surface area contributed by atoms with E-state index >= 15 is 0 Å². The second-order valence-electron chi connectivity index (χ2n) is 8.02. The molecule has 0 aromatic rings. The zero-order chi connectivity index (χ0) is 22.5. The number of fused-ring (bicyclic) bond motifs is 4. The van der Waals surface area contributed by atoms with Crippen LogP contribution in [-0.4, -0.2) is 127 Å². The molecule has 0 amide bonds. The van der Waals surface area contributed by atoms with Gasteiger partial charge in [0.1, 0.15) is 0 Å². The van der Waals surface area contributed by atoms with Gasteiger partial charge in [-0.2, -0.15) is 47.0 Å². The molecule has 4 fully saturated rings. The van der Waals surface area contributed by atoms with Gasteiger partial charge in [-0.05, 0) is 19.7 Å². The molecule has 4 heterocycles. The molecule has 0 radical (unpaired) electrons. The van der Waals surface area contributed by atoms with Crippen molar-refractivity contribution in [2.45, 2.75) is 40.7 Å².